The molecule has 0 heterocycles. The SMILES string of the molecule is OC(c1ccccc1OC(F)(F)F)c1cccc(F)c1Cl. The number of aliphatic hydroxyl groups is 1. The van der Waals surface area contributed by atoms with Crippen molar-refractivity contribution < 1.29 is 27.4 Å². The Morgan fingerprint density at radius 3 is 2.29 bits per heavy atom. The maximum atomic E-state index is 13.4. The molecule has 112 valence electrons. The fraction of sp³-hybridized carbons (Fsp3) is 0.143. The standard InChI is InChI=1S/C14H9ClF4O2/c15-12-9(5-3-6-10(12)16)13(20)8-4-1-2-7-11(8)21-14(17,18)19/h1-7,13,20H. The van der Waals surface area contributed by atoms with Gasteiger partial charge in [-0.1, -0.05) is 41.9 Å². The van der Waals surface area contributed by atoms with Crippen LogP contribution in [0.5, 0.6) is 5.75 Å². The Kier molecular flexibility index (Phi) is 4.39. The summed E-state index contributed by atoms with van der Waals surface area (Å²) in [4.78, 5) is 0. The van der Waals surface area contributed by atoms with Gasteiger partial charge in [-0.2, -0.15) is 0 Å². The lowest BCUT2D eigenvalue weighted by Crippen LogP contribution is -2.19. The fourth-order valence-electron chi connectivity index (χ4n) is 1.82. The molecule has 0 spiro atoms. The van der Waals surface area contributed by atoms with Crippen LogP contribution in [0.2, 0.25) is 5.02 Å². The van der Waals surface area contributed by atoms with Crippen LogP contribution in [0.1, 0.15) is 17.2 Å². The number of alkyl halides is 3. The molecule has 0 amide bonds. The summed E-state index contributed by atoms with van der Waals surface area (Å²) in [6, 6.07) is 8.75. The Hall–Kier alpha value is -1.79. The highest BCUT2D eigenvalue weighted by Gasteiger charge is 2.33. The van der Waals surface area contributed by atoms with Crippen molar-refractivity contribution in [2.75, 3.05) is 0 Å². The maximum absolute atomic E-state index is 13.4. The second-order valence-electron chi connectivity index (χ2n) is 4.13. The smallest absolute Gasteiger partial charge is 0.405 e. The highest BCUT2D eigenvalue weighted by Crippen LogP contribution is 2.36. The normalized spacial score (nSPS) is 13.0. The van der Waals surface area contributed by atoms with Crippen LogP contribution in [0, 0.1) is 5.82 Å². The number of benzene rings is 2. The number of para-hydroxylation sites is 1. The van der Waals surface area contributed by atoms with Gasteiger partial charge in [0.15, 0.2) is 0 Å². The van der Waals surface area contributed by atoms with Crippen LogP contribution in [0.4, 0.5) is 17.6 Å². The molecule has 0 aromatic heterocycles. The zero-order valence-electron chi connectivity index (χ0n) is 10.4. The minimum Gasteiger partial charge on any atom is -0.405 e. The van der Waals surface area contributed by atoms with Gasteiger partial charge < -0.3 is 9.84 Å². The van der Waals surface area contributed by atoms with Crippen molar-refractivity contribution in [1.29, 1.82) is 0 Å². The molecule has 0 bridgehead atoms. The Balaban J connectivity index is 2.44. The van der Waals surface area contributed by atoms with Crippen molar-refractivity contribution in [3.63, 3.8) is 0 Å². The largest absolute Gasteiger partial charge is 0.573 e. The summed E-state index contributed by atoms with van der Waals surface area (Å²) in [5, 5.41) is 9.82. The average Bonchev–Trinajstić information content (AvgIpc) is 2.40. The molecule has 21 heavy (non-hydrogen) atoms. The van der Waals surface area contributed by atoms with Gasteiger partial charge in [0.25, 0.3) is 0 Å². The number of ether oxygens (including phenoxy) is 1. The third-order valence-corrected chi connectivity index (χ3v) is 3.11. The van der Waals surface area contributed by atoms with Crippen molar-refractivity contribution in [2.45, 2.75) is 12.5 Å². The predicted molar refractivity (Wildman–Crippen MR) is 68.6 cm³/mol. The van der Waals surface area contributed by atoms with Crippen LogP contribution in [0.3, 0.4) is 0 Å². The maximum Gasteiger partial charge on any atom is 0.573 e. The molecule has 0 aliphatic carbocycles. The van der Waals surface area contributed by atoms with Gasteiger partial charge >= 0.3 is 6.36 Å². The van der Waals surface area contributed by atoms with E-state index in [-0.39, 0.29) is 16.1 Å². The molecule has 0 aliphatic heterocycles. The Morgan fingerprint density at radius 2 is 1.62 bits per heavy atom. The van der Waals surface area contributed by atoms with Crippen LogP contribution in [-0.4, -0.2) is 11.5 Å². The Labute approximate surface area is 122 Å². The summed E-state index contributed by atoms with van der Waals surface area (Å²) >= 11 is 5.73. The van der Waals surface area contributed by atoms with Crippen molar-refractivity contribution in [3.05, 3.63) is 64.4 Å². The van der Waals surface area contributed by atoms with Crippen LogP contribution < -0.4 is 4.74 Å². The van der Waals surface area contributed by atoms with Gasteiger partial charge in [-0.15, -0.1) is 13.2 Å². The molecule has 7 heteroatoms. The second-order valence-corrected chi connectivity index (χ2v) is 4.51. The quantitative estimate of drug-likeness (QED) is 0.846. The first-order valence-electron chi connectivity index (χ1n) is 5.76. The summed E-state index contributed by atoms with van der Waals surface area (Å²) in [6.07, 6.45) is -6.45. The highest BCUT2D eigenvalue weighted by molar-refractivity contribution is 6.31. The van der Waals surface area contributed by atoms with E-state index in [4.69, 9.17) is 11.6 Å². The lowest BCUT2D eigenvalue weighted by atomic mass is 10.0. The van der Waals surface area contributed by atoms with E-state index in [2.05, 4.69) is 4.74 Å². The molecule has 0 saturated heterocycles. The zero-order valence-corrected chi connectivity index (χ0v) is 11.1. The molecule has 0 saturated carbocycles. The van der Waals surface area contributed by atoms with E-state index in [0.29, 0.717) is 0 Å². The summed E-state index contributed by atoms with van der Waals surface area (Å²) < 4.78 is 54.2. The van der Waals surface area contributed by atoms with E-state index in [1.54, 1.807) is 0 Å². The van der Waals surface area contributed by atoms with Crippen LogP contribution in [-0.2, 0) is 0 Å². The molecule has 1 N–H and O–H groups in total. The topological polar surface area (TPSA) is 29.5 Å². The first kappa shape index (κ1) is 15.6. The molecular weight excluding hydrogens is 312 g/mol. The van der Waals surface area contributed by atoms with E-state index < -0.39 is 24.0 Å². The molecular formula is C14H9ClF4O2. The molecule has 2 nitrogen and oxygen atoms in total. The number of halogens is 5. The van der Waals surface area contributed by atoms with Crippen molar-refractivity contribution >= 4 is 11.6 Å². The molecule has 0 fully saturated rings. The molecule has 1 atom stereocenters. The lowest BCUT2D eigenvalue weighted by molar-refractivity contribution is -0.275. The number of aliphatic hydroxyl groups excluding tert-OH is 1. The predicted octanol–water partition coefficient (Wildman–Crippen LogP) is 4.46. The molecule has 2 rings (SSSR count). The van der Waals surface area contributed by atoms with Crippen LogP contribution in [0.25, 0.3) is 0 Å². The number of rotatable bonds is 3. The number of hydrogen-bond donors (Lipinski definition) is 1. The molecule has 0 radical (unpaired) electrons. The number of hydrogen-bond acceptors (Lipinski definition) is 2. The Morgan fingerprint density at radius 1 is 1.00 bits per heavy atom. The summed E-state index contributed by atoms with van der Waals surface area (Å²) in [5.41, 5.74) is -0.211. The summed E-state index contributed by atoms with van der Waals surface area (Å²) in [5.74, 6) is -1.35. The first-order valence-corrected chi connectivity index (χ1v) is 6.14. The van der Waals surface area contributed by atoms with E-state index >= 15 is 0 Å². The minimum atomic E-state index is -4.90. The van der Waals surface area contributed by atoms with Gasteiger partial charge in [-0.05, 0) is 12.1 Å². The Bertz CT molecular complexity index is 643. The summed E-state index contributed by atoms with van der Waals surface area (Å²) in [6.45, 7) is 0. The van der Waals surface area contributed by atoms with E-state index in [1.807, 2.05) is 0 Å². The highest BCUT2D eigenvalue weighted by atomic mass is 35.5. The molecule has 1 unspecified atom stereocenters. The van der Waals surface area contributed by atoms with Crippen molar-refractivity contribution in [2.24, 2.45) is 0 Å². The average molecular weight is 321 g/mol. The van der Waals surface area contributed by atoms with Crippen molar-refractivity contribution in [3.8, 4) is 5.75 Å². The van der Waals surface area contributed by atoms with Crippen LogP contribution in [0.15, 0.2) is 42.5 Å². The monoisotopic (exact) mass is 320 g/mol. The molecule has 2 aromatic rings. The summed E-state index contributed by atoms with van der Waals surface area (Å²) in [7, 11) is 0. The van der Waals surface area contributed by atoms with E-state index in [0.717, 1.165) is 12.1 Å². The van der Waals surface area contributed by atoms with Gasteiger partial charge in [0.2, 0.25) is 0 Å². The molecule has 0 aliphatic rings. The van der Waals surface area contributed by atoms with E-state index in [1.165, 1.54) is 30.3 Å². The van der Waals surface area contributed by atoms with E-state index in [9.17, 15) is 22.7 Å². The van der Waals surface area contributed by atoms with Gasteiger partial charge in [0.05, 0.1) is 5.02 Å². The lowest BCUT2D eigenvalue weighted by Gasteiger charge is -2.18. The van der Waals surface area contributed by atoms with Gasteiger partial charge in [0.1, 0.15) is 17.7 Å². The van der Waals surface area contributed by atoms with Gasteiger partial charge in [0, 0.05) is 11.1 Å². The minimum absolute atomic E-state index is 0.0464. The van der Waals surface area contributed by atoms with Gasteiger partial charge in [-0.3, -0.25) is 0 Å². The van der Waals surface area contributed by atoms with Crippen molar-refractivity contribution in [1.82, 2.24) is 0 Å². The second kappa shape index (κ2) is 5.91. The first-order chi connectivity index (χ1) is 9.79. The third-order valence-electron chi connectivity index (χ3n) is 2.72. The third kappa shape index (κ3) is 3.65. The zero-order chi connectivity index (χ0) is 15.6. The van der Waals surface area contributed by atoms with Gasteiger partial charge in [-0.25, -0.2) is 4.39 Å². The fourth-order valence-corrected chi connectivity index (χ4v) is 2.05. The molecule has 2 aromatic carbocycles. The van der Waals surface area contributed by atoms with Crippen LogP contribution >= 0.6 is 11.6 Å².